The van der Waals surface area contributed by atoms with Crippen LogP contribution in [0.25, 0.3) is 0 Å². The molecular formula is C20H33N3O2. The monoisotopic (exact) mass is 347 g/mol. The molecule has 2 atom stereocenters. The number of aromatic nitrogens is 2. The molecule has 0 spiro atoms. The first kappa shape index (κ1) is 18.4. The molecule has 25 heavy (non-hydrogen) atoms. The number of aliphatic hydroxyl groups excluding tert-OH is 1. The van der Waals surface area contributed by atoms with Crippen molar-refractivity contribution in [2.45, 2.75) is 64.9 Å². The van der Waals surface area contributed by atoms with E-state index in [0.29, 0.717) is 23.7 Å². The summed E-state index contributed by atoms with van der Waals surface area (Å²) in [5, 5.41) is 10.6. The van der Waals surface area contributed by atoms with Crippen LogP contribution >= 0.6 is 0 Å². The van der Waals surface area contributed by atoms with E-state index in [2.05, 4.69) is 18.8 Å². The molecule has 2 heterocycles. The standard InChI is InChI=1S/C20H33N3O2/c1-20(2)8-4-5-15(14-20)13-17(24)23-10-6-16(7-11-23)18(25)19-21-9-12-22(19)3/h9,12,15-16,18,25H,4-8,10-11,13-14H2,1-3H3. The summed E-state index contributed by atoms with van der Waals surface area (Å²) in [6.45, 7) is 6.18. The number of nitrogens with zero attached hydrogens (tertiary/aromatic N) is 3. The summed E-state index contributed by atoms with van der Waals surface area (Å²) in [5.41, 5.74) is 0.391. The third kappa shape index (κ3) is 4.43. The van der Waals surface area contributed by atoms with Gasteiger partial charge in [-0.05, 0) is 49.4 Å². The lowest BCUT2D eigenvalue weighted by Crippen LogP contribution is -2.41. The second-order valence-corrected chi connectivity index (χ2v) is 8.89. The molecule has 1 N–H and O–H groups in total. The van der Waals surface area contributed by atoms with Crippen LogP contribution in [-0.2, 0) is 11.8 Å². The molecular weight excluding hydrogens is 314 g/mol. The van der Waals surface area contributed by atoms with Gasteiger partial charge in [-0.3, -0.25) is 4.79 Å². The average Bonchev–Trinajstić information content (AvgIpc) is 2.99. The normalized spacial score (nSPS) is 25.8. The number of amides is 1. The molecule has 5 heteroatoms. The summed E-state index contributed by atoms with van der Waals surface area (Å²) in [5.74, 6) is 1.78. The van der Waals surface area contributed by atoms with Crippen LogP contribution in [-0.4, -0.2) is 38.6 Å². The van der Waals surface area contributed by atoms with Crippen molar-refractivity contribution in [3.05, 3.63) is 18.2 Å². The van der Waals surface area contributed by atoms with E-state index in [1.807, 2.05) is 22.7 Å². The minimum Gasteiger partial charge on any atom is -0.385 e. The van der Waals surface area contributed by atoms with Gasteiger partial charge in [0.15, 0.2) is 0 Å². The van der Waals surface area contributed by atoms with E-state index in [-0.39, 0.29) is 5.92 Å². The van der Waals surface area contributed by atoms with Crippen LogP contribution in [0, 0.1) is 17.3 Å². The molecule has 5 nitrogen and oxygen atoms in total. The van der Waals surface area contributed by atoms with Crippen molar-refractivity contribution in [2.24, 2.45) is 24.3 Å². The molecule has 0 aromatic carbocycles. The Labute approximate surface area is 151 Å². The van der Waals surface area contributed by atoms with Crippen LogP contribution in [0.15, 0.2) is 12.4 Å². The highest BCUT2D eigenvalue weighted by Gasteiger charge is 2.33. The molecule has 2 fully saturated rings. The number of rotatable bonds is 4. The quantitative estimate of drug-likeness (QED) is 0.909. The topological polar surface area (TPSA) is 58.4 Å². The molecule has 1 saturated carbocycles. The van der Waals surface area contributed by atoms with Crippen LogP contribution in [0.3, 0.4) is 0 Å². The van der Waals surface area contributed by atoms with Crippen molar-refractivity contribution in [2.75, 3.05) is 13.1 Å². The first-order chi connectivity index (χ1) is 11.9. The number of carbonyl (C=O) groups is 1. The van der Waals surface area contributed by atoms with Crippen molar-refractivity contribution in [1.82, 2.24) is 14.5 Å². The summed E-state index contributed by atoms with van der Waals surface area (Å²) < 4.78 is 1.88. The van der Waals surface area contributed by atoms with Crippen LogP contribution in [0.5, 0.6) is 0 Å². The van der Waals surface area contributed by atoms with Gasteiger partial charge < -0.3 is 14.6 Å². The zero-order valence-corrected chi connectivity index (χ0v) is 15.9. The fourth-order valence-electron chi connectivity index (χ4n) is 4.74. The highest BCUT2D eigenvalue weighted by Crippen LogP contribution is 2.40. The summed E-state index contributed by atoms with van der Waals surface area (Å²) >= 11 is 0. The highest BCUT2D eigenvalue weighted by molar-refractivity contribution is 5.76. The van der Waals surface area contributed by atoms with Gasteiger partial charge in [-0.2, -0.15) is 0 Å². The highest BCUT2D eigenvalue weighted by atomic mass is 16.3. The molecule has 1 aliphatic heterocycles. The van der Waals surface area contributed by atoms with Gasteiger partial charge in [0.05, 0.1) is 0 Å². The largest absolute Gasteiger partial charge is 0.385 e. The maximum atomic E-state index is 12.7. The van der Waals surface area contributed by atoms with Crippen molar-refractivity contribution in [3.8, 4) is 0 Å². The minimum atomic E-state index is -0.531. The number of hydrogen-bond donors (Lipinski definition) is 1. The number of hydrogen-bond acceptors (Lipinski definition) is 3. The minimum absolute atomic E-state index is 0.193. The zero-order valence-electron chi connectivity index (χ0n) is 15.9. The Kier molecular flexibility index (Phi) is 5.52. The average molecular weight is 348 g/mol. The Balaban J connectivity index is 1.48. The van der Waals surface area contributed by atoms with Crippen molar-refractivity contribution in [3.63, 3.8) is 0 Å². The van der Waals surface area contributed by atoms with Gasteiger partial charge in [0.25, 0.3) is 0 Å². The van der Waals surface area contributed by atoms with E-state index in [4.69, 9.17) is 0 Å². The van der Waals surface area contributed by atoms with Gasteiger partial charge in [0, 0.05) is 39.0 Å². The lowest BCUT2D eigenvalue weighted by molar-refractivity contribution is -0.134. The van der Waals surface area contributed by atoms with Crippen LogP contribution < -0.4 is 0 Å². The van der Waals surface area contributed by atoms with Gasteiger partial charge in [-0.15, -0.1) is 0 Å². The zero-order chi connectivity index (χ0) is 18.0. The van der Waals surface area contributed by atoms with E-state index < -0.39 is 6.10 Å². The molecule has 140 valence electrons. The summed E-state index contributed by atoms with van der Waals surface area (Å²) in [6.07, 6.45) is 10.4. The Morgan fingerprint density at radius 2 is 2.08 bits per heavy atom. The second-order valence-electron chi connectivity index (χ2n) is 8.89. The predicted octanol–water partition coefficient (Wildman–Crippen LogP) is 3.30. The Bertz CT molecular complexity index is 588. The lowest BCUT2D eigenvalue weighted by Gasteiger charge is -2.37. The molecule has 2 aliphatic rings. The smallest absolute Gasteiger partial charge is 0.222 e. The fraction of sp³-hybridized carbons (Fsp3) is 0.800. The Morgan fingerprint density at radius 3 is 2.68 bits per heavy atom. The van der Waals surface area contributed by atoms with Crippen molar-refractivity contribution in [1.29, 1.82) is 0 Å². The van der Waals surface area contributed by atoms with E-state index in [1.165, 1.54) is 25.7 Å². The van der Waals surface area contributed by atoms with Crippen LogP contribution in [0.2, 0.25) is 0 Å². The molecule has 1 aromatic heterocycles. The number of piperidine rings is 1. The van der Waals surface area contributed by atoms with Crippen LogP contribution in [0.1, 0.15) is 70.7 Å². The molecule has 1 saturated heterocycles. The molecule has 0 radical (unpaired) electrons. The summed E-state index contributed by atoms with van der Waals surface area (Å²) in [7, 11) is 1.91. The summed E-state index contributed by atoms with van der Waals surface area (Å²) in [6, 6.07) is 0. The fourth-order valence-corrected chi connectivity index (χ4v) is 4.74. The van der Waals surface area contributed by atoms with E-state index >= 15 is 0 Å². The van der Waals surface area contributed by atoms with E-state index in [0.717, 1.165) is 31.8 Å². The van der Waals surface area contributed by atoms with Gasteiger partial charge in [0.2, 0.25) is 5.91 Å². The maximum absolute atomic E-state index is 12.7. The first-order valence-electron chi connectivity index (χ1n) is 9.79. The van der Waals surface area contributed by atoms with Gasteiger partial charge in [-0.25, -0.2) is 4.98 Å². The molecule has 1 amide bonds. The Hall–Kier alpha value is -1.36. The molecule has 3 rings (SSSR count). The number of aryl methyl sites for hydroxylation is 1. The third-order valence-electron chi connectivity index (χ3n) is 6.23. The SMILES string of the molecule is Cn1ccnc1C(O)C1CCN(C(=O)CC2CCCC(C)(C)C2)CC1. The van der Waals surface area contributed by atoms with Gasteiger partial charge in [-0.1, -0.05) is 20.3 Å². The second kappa shape index (κ2) is 7.48. The number of aliphatic hydroxyl groups is 1. The lowest BCUT2D eigenvalue weighted by atomic mass is 9.71. The maximum Gasteiger partial charge on any atom is 0.222 e. The first-order valence-corrected chi connectivity index (χ1v) is 9.79. The van der Waals surface area contributed by atoms with Gasteiger partial charge in [0.1, 0.15) is 11.9 Å². The molecule has 1 aromatic rings. The van der Waals surface area contributed by atoms with Crippen LogP contribution in [0.4, 0.5) is 0 Å². The van der Waals surface area contributed by atoms with Crippen molar-refractivity contribution < 1.29 is 9.90 Å². The predicted molar refractivity (Wildman–Crippen MR) is 97.8 cm³/mol. The van der Waals surface area contributed by atoms with E-state index in [1.54, 1.807) is 6.20 Å². The molecule has 1 aliphatic carbocycles. The molecule has 2 unspecified atom stereocenters. The van der Waals surface area contributed by atoms with Crippen molar-refractivity contribution >= 4 is 5.91 Å². The van der Waals surface area contributed by atoms with E-state index in [9.17, 15) is 9.90 Å². The molecule has 0 bridgehead atoms. The third-order valence-corrected chi connectivity index (χ3v) is 6.23. The van der Waals surface area contributed by atoms with Gasteiger partial charge >= 0.3 is 0 Å². The number of imidazole rings is 1. The summed E-state index contributed by atoms with van der Waals surface area (Å²) in [4.78, 5) is 19.0. The number of likely N-dealkylation sites (tertiary alicyclic amines) is 1. The number of carbonyl (C=O) groups excluding carboxylic acids is 1. The Morgan fingerprint density at radius 1 is 1.36 bits per heavy atom.